The van der Waals surface area contributed by atoms with Gasteiger partial charge < -0.3 is 9.47 Å². The summed E-state index contributed by atoms with van der Waals surface area (Å²) < 4.78 is 11.9. The topological polar surface area (TPSA) is 30.8 Å². The fraction of sp³-hybridized carbons (Fsp3) is 0.409. The molecule has 130 valence electrons. The Morgan fingerprint density at radius 1 is 1.00 bits per heavy atom. The van der Waals surface area contributed by atoms with E-state index in [-0.39, 0.29) is 11.1 Å². The molecular weight excluding hydrogens is 310 g/mol. The smallest absolute Gasteiger partial charge is 0.165 e. The van der Waals surface area contributed by atoms with E-state index in [0.29, 0.717) is 0 Å². The Balaban J connectivity index is 1.98. The van der Waals surface area contributed by atoms with E-state index >= 15 is 0 Å². The van der Waals surface area contributed by atoms with Crippen LogP contribution in [0.4, 0.5) is 0 Å². The van der Waals surface area contributed by atoms with Crippen LogP contribution in [0.1, 0.15) is 49.9 Å². The number of hydrogen-bond donors (Lipinski definition) is 0. The first-order valence-corrected chi connectivity index (χ1v) is 8.87. The second kappa shape index (κ2) is 5.35. The van der Waals surface area contributed by atoms with Crippen molar-refractivity contribution in [1.82, 2.24) is 0 Å². The van der Waals surface area contributed by atoms with E-state index in [1.165, 1.54) is 16.7 Å². The van der Waals surface area contributed by atoms with Gasteiger partial charge in [-0.1, -0.05) is 30.3 Å². The summed E-state index contributed by atoms with van der Waals surface area (Å²) in [7, 11) is 1.71. The summed E-state index contributed by atoms with van der Waals surface area (Å²) in [6.45, 7) is 8.69. The molecule has 0 bridgehead atoms. The van der Waals surface area contributed by atoms with Crippen LogP contribution in [0.3, 0.4) is 0 Å². The molecule has 0 aliphatic carbocycles. The lowest BCUT2D eigenvalue weighted by Gasteiger charge is -2.31. The maximum atomic E-state index is 6.23. The van der Waals surface area contributed by atoms with Crippen molar-refractivity contribution >= 4 is 5.71 Å². The zero-order valence-corrected chi connectivity index (χ0v) is 15.6. The van der Waals surface area contributed by atoms with Gasteiger partial charge in [0.25, 0.3) is 0 Å². The first-order chi connectivity index (χ1) is 11.8. The average molecular weight is 335 g/mol. The van der Waals surface area contributed by atoms with E-state index in [9.17, 15) is 0 Å². The lowest BCUT2D eigenvalue weighted by atomic mass is 9.80. The van der Waals surface area contributed by atoms with Gasteiger partial charge in [-0.25, -0.2) is 0 Å². The fourth-order valence-electron chi connectivity index (χ4n) is 3.98. The van der Waals surface area contributed by atoms with Gasteiger partial charge in [0.05, 0.1) is 18.4 Å². The summed E-state index contributed by atoms with van der Waals surface area (Å²) in [5, 5.41) is 0. The maximum Gasteiger partial charge on any atom is 0.165 e. The summed E-state index contributed by atoms with van der Waals surface area (Å²) in [6, 6.07) is 12.5. The van der Waals surface area contributed by atoms with Gasteiger partial charge in [-0.05, 0) is 45.7 Å². The molecule has 0 amide bonds. The van der Waals surface area contributed by atoms with Crippen LogP contribution >= 0.6 is 0 Å². The molecular formula is C22H25NO2. The average Bonchev–Trinajstić information content (AvgIpc) is 2.89. The lowest BCUT2D eigenvalue weighted by Crippen LogP contribution is -2.30. The van der Waals surface area contributed by atoms with Crippen molar-refractivity contribution in [2.75, 3.05) is 7.11 Å². The van der Waals surface area contributed by atoms with Crippen LogP contribution in [-0.4, -0.2) is 24.0 Å². The number of methoxy groups -OCH3 is 1. The van der Waals surface area contributed by atoms with Crippen molar-refractivity contribution in [3.63, 3.8) is 0 Å². The zero-order chi connectivity index (χ0) is 17.8. The normalized spacial score (nSPS) is 19.5. The van der Waals surface area contributed by atoms with Gasteiger partial charge in [-0.3, -0.25) is 4.99 Å². The molecule has 4 rings (SSSR count). The number of rotatable bonds is 2. The summed E-state index contributed by atoms with van der Waals surface area (Å²) in [5.41, 5.74) is 5.71. The predicted molar refractivity (Wildman–Crippen MR) is 101 cm³/mol. The molecule has 0 saturated heterocycles. The van der Waals surface area contributed by atoms with E-state index in [1.54, 1.807) is 7.11 Å². The van der Waals surface area contributed by atoms with Gasteiger partial charge in [-0.2, -0.15) is 0 Å². The van der Waals surface area contributed by atoms with Crippen LogP contribution in [0.2, 0.25) is 0 Å². The molecule has 0 saturated carbocycles. The molecule has 3 heteroatoms. The van der Waals surface area contributed by atoms with Gasteiger partial charge in [-0.15, -0.1) is 0 Å². The van der Waals surface area contributed by atoms with Gasteiger partial charge in [0.2, 0.25) is 0 Å². The van der Waals surface area contributed by atoms with E-state index in [1.807, 2.05) is 6.07 Å². The lowest BCUT2D eigenvalue weighted by molar-refractivity contribution is 0.134. The molecule has 0 unspecified atom stereocenters. The summed E-state index contributed by atoms with van der Waals surface area (Å²) in [4.78, 5) is 5.08. The molecule has 2 heterocycles. The second-order valence-electron chi connectivity index (χ2n) is 8.27. The highest BCUT2D eigenvalue weighted by Crippen LogP contribution is 2.47. The van der Waals surface area contributed by atoms with Crippen molar-refractivity contribution in [2.45, 2.75) is 51.7 Å². The molecule has 2 aromatic carbocycles. The third-order valence-electron chi connectivity index (χ3n) is 4.99. The molecule has 2 aromatic rings. The minimum absolute atomic E-state index is 0.132. The third kappa shape index (κ3) is 2.72. The van der Waals surface area contributed by atoms with Crippen molar-refractivity contribution in [3.8, 4) is 11.5 Å². The van der Waals surface area contributed by atoms with E-state index in [0.717, 1.165) is 35.6 Å². The summed E-state index contributed by atoms with van der Waals surface area (Å²) in [5.74, 6) is 1.72. The Kier molecular flexibility index (Phi) is 3.47. The zero-order valence-electron chi connectivity index (χ0n) is 15.6. The van der Waals surface area contributed by atoms with Crippen LogP contribution in [0.5, 0.6) is 11.5 Å². The van der Waals surface area contributed by atoms with Crippen LogP contribution < -0.4 is 9.47 Å². The summed E-state index contributed by atoms with van der Waals surface area (Å²) in [6.07, 6.45) is 1.82. The molecule has 0 aromatic heterocycles. The highest BCUT2D eigenvalue weighted by atomic mass is 16.5. The maximum absolute atomic E-state index is 6.23. The van der Waals surface area contributed by atoms with Gasteiger partial charge in [0.1, 0.15) is 5.60 Å². The monoisotopic (exact) mass is 335 g/mol. The van der Waals surface area contributed by atoms with Crippen LogP contribution in [0.15, 0.2) is 41.4 Å². The first kappa shape index (κ1) is 16.2. The molecule has 0 fully saturated rings. The van der Waals surface area contributed by atoms with E-state index in [2.05, 4.69) is 58.0 Å². The number of hydrogen-bond acceptors (Lipinski definition) is 3. The minimum atomic E-state index is -0.198. The molecule has 25 heavy (non-hydrogen) atoms. The molecule has 0 radical (unpaired) electrons. The molecule has 2 aliphatic rings. The minimum Gasteiger partial charge on any atom is -0.493 e. The van der Waals surface area contributed by atoms with Gasteiger partial charge in [0.15, 0.2) is 11.5 Å². The third-order valence-corrected chi connectivity index (χ3v) is 4.99. The van der Waals surface area contributed by atoms with Crippen LogP contribution in [-0.2, 0) is 12.8 Å². The highest BCUT2D eigenvalue weighted by molar-refractivity contribution is 6.15. The number of fused-ring (bicyclic) bond motifs is 3. The second-order valence-corrected chi connectivity index (χ2v) is 8.27. The van der Waals surface area contributed by atoms with Crippen molar-refractivity contribution in [2.24, 2.45) is 4.99 Å². The largest absolute Gasteiger partial charge is 0.493 e. The Morgan fingerprint density at radius 3 is 2.40 bits per heavy atom. The van der Waals surface area contributed by atoms with Crippen molar-refractivity contribution < 1.29 is 9.47 Å². The number of nitrogens with zero attached hydrogens (tertiary/aromatic N) is 1. The molecule has 3 nitrogen and oxygen atoms in total. The Bertz CT molecular complexity index is 863. The quantitative estimate of drug-likeness (QED) is 0.804. The summed E-state index contributed by atoms with van der Waals surface area (Å²) >= 11 is 0. The number of aliphatic imine (C=N–C) groups is 1. The van der Waals surface area contributed by atoms with E-state index in [4.69, 9.17) is 14.5 Å². The molecule has 0 spiro atoms. The van der Waals surface area contributed by atoms with Gasteiger partial charge in [0, 0.05) is 23.1 Å². The number of ether oxygens (including phenoxy) is 2. The highest BCUT2D eigenvalue weighted by Gasteiger charge is 2.39. The standard InChI is InChI=1S/C22H25NO2/c1-21(2)12-16-15(19(23-21)14-9-7-6-8-10-14)11-18(24-5)20-17(16)13-22(3,4)25-20/h6-11H,12-13H2,1-5H3. The Morgan fingerprint density at radius 2 is 1.72 bits per heavy atom. The Hall–Kier alpha value is -2.29. The number of benzene rings is 2. The SMILES string of the molecule is COc1cc2c(c3c1OC(C)(C)C3)CC(C)(C)N=C2c1ccccc1. The van der Waals surface area contributed by atoms with Gasteiger partial charge >= 0.3 is 0 Å². The Labute approximate surface area is 149 Å². The molecule has 0 N–H and O–H groups in total. The molecule has 0 atom stereocenters. The van der Waals surface area contributed by atoms with Crippen LogP contribution in [0.25, 0.3) is 0 Å². The van der Waals surface area contributed by atoms with E-state index < -0.39 is 0 Å². The fourth-order valence-corrected chi connectivity index (χ4v) is 3.98. The van der Waals surface area contributed by atoms with Crippen LogP contribution in [0, 0.1) is 0 Å². The molecule has 2 aliphatic heterocycles. The predicted octanol–water partition coefficient (Wildman–Crippen LogP) is 4.58. The van der Waals surface area contributed by atoms with Crippen molar-refractivity contribution in [1.29, 1.82) is 0 Å². The first-order valence-electron chi connectivity index (χ1n) is 8.87. The van der Waals surface area contributed by atoms with Crippen molar-refractivity contribution in [3.05, 3.63) is 58.7 Å².